The maximum absolute atomic E-state index is 12.2. The molecule has 7 heteroatoms. The van der Waals surface area contributed by atoms with E-state index in [2.05, 4.69) is 9.71 Å². The first-order chi connectivity index (χ1) is 10.0. The Morgan fingerprint density at radius 3 is 2.67 bits per heavy atom. The highest BCUT2D eigenvalue weighted by molar-refractivity contribution is 7.94. The molecule has 1 aromatic carbocycles. The van der Waals surface area contributed by atoms with Crippen molar-refractivity contribution in [2.45, 2.75) is 11.1 Å². The minimum atomic E-state index is -3.51. The third-order valence-electron chi connectivity index (χ3n) is 2.79. The van der Waals surface area contributed by atoms with E-state index in [1.165, 1.54) is 11.3 Å². The number of nitrogens with one attached hydrogen (secondary N) is 1. The third kappa shape index (κ3) is 3.15. The molecule has 0 amide bonds. The van der Waals surface area contributed by atoms with Gasteiger partial charge in [-0.1, -0.05) is 18.2 Å². The Balaban J connectivity index is 1.91. The van der Waals surface area contributed by atoms with Gasteiger partial charge >= 0.3 is 0 Å². The Hall–Kier alpha value is -1.70. The van der Waals surface area contributed by atoms with Crippen LogP contribution in [0.3, 0.4) is 0 Å². The van der Waals surface area contributed by atoms with Crippen LogP contribution in [0, 0.1) is 6.92 Å². The van der Waals surface area contributed by atoms with Gasteiger partial charge in [0.15, 0.2) is 0 Å². The van der Waals surface area contributed by atoms with Crippen LogP contribution in [0.2, 0.25) is 0 Å². The molecule has 3 rings (SSSR count). The molecular formula is C14H12N2O2S3. The molecule has 2 aromatic heterocycles. The van der Waals surface area contributed by atoms with Crippen LogP contribution in [0.4, 0.5) is 5.69 Å². The van der Waals surface area contributed by atoms with Crippen molar-refractivity contribution in [1.29, 1.82) is 0 Å². The average Bonchev–Trinajstić information content (AvgIpc) is 3.09. The summed E-state index contributed by atoms with van der Waals surface area (Å²) in [5.41, 5.74) is 2.28. The van der Waals surface area contributed by atoms with Crippen LogP contribution in [-0.2, 0) is 10.0 Å². The summed E-state index contributed by atoms with van der Waals surface area (Å²) in [6.07, 6.45) is 0. The van der Waals surface area contributed by atoms with Gasteiger partial charge in [-0.15, -0.1) is 22.7 Å². The maximum Gasteiger partial charge on any atom is 0.271 e. The average molecular weight is 336 g/mol. The lowest BCUT2D eigenvalue weighted by Gasteiger charge is -2.07. The molecule has 0 saturated heterocycles. The highest BCUT2D eigenvalue weighted by Crippen LogP contribution is 2.26. The fourth-order valence-corrected chi connectivity index (χ4v) is 4.52. The molecule has 4 nitrogen and oxygen atoms in total. The predicted molar refractivity (Wildman–Crippen MR) is 87.4 cm³/mol. The highest BCUT2D eigenvalue weighted by Gasteiger charge is 2.15. The molecule has 0 aliphatic heterocycles. The number of hydrogen-bond donors (Lipinski definition) is 1. The summed E-state index contributed by atoms with van der Waals surface area (Å²) in [5, 5.41) is 4.68. The molecule has 0 bridgehead atoms. The second-order valence-corrected chi connectivity index (χ2v) is 8.29. The van der Waals surface area contributed by atoms with Gasteiger partial charge in [-0.25, -0.2) is 13.4 Å². The number of nitrogens with zero attached hydrogens (tertiary/aromatic N) is 1. The molecule has 0 radical (unpaired) electrons. The quantitative estimate of drug-likeness (QED) is 0.784. The molecule has 0 aliphatic rings. The molecule has 2 heterocycles. The number of thiazole rings is 1. The molecule has 0 unspecified atom stereocenters. The predicted octanol–water partition coefficient (Wildman–Crippen LogP) is 3.98. The third-order valence-corrected chi connectivity index (χ3v) is 6.34. The Morgan fingerprint density at radius 1 is 1.14 bits per heavy atom. The van der Waals surface area contributed by atoms with Crippen LogP contribution in [0.15, 0.2) is 51.4 Å². The van der Waals surface area contributed by atoms with Crippen molar-refractivity contribution in [3.8, 4) is 11.3 Å². The summed E-state index contributed by atoms with van der Waals surface area (Å²) in [5.74, 6) is 0. The minimum absolute atomic E-state index is 0.303. The topological polar surface area (TPSA) is 59.1 Å². The van der Waals surface area contributed by atoms with Crippen LogP contribution in [-0.4, -0.2) is 13.4 Å². The second kappa shape index (κ2) is 5.59. The van der Waals surface area contributed by atoms with Crippen LogP contribution < -0.4 is 4.72 Å². The standard InChI is InChI=1S/C14H12N2O2S3/c1-10-15-13(9-20-10)11-4-2-5-12(8-11)16-21(17,18)14-6-3-7-19-14/h2-9,16H,1H3. The molecule has 21 heavy (non-hydrogen) atoms. The van der Waals surface area contributed by atoms with Gasteiger partial charge in [0.2, 0.25) is 0 Å². The molecule has 0 spiro atoms. The normalized spacial score (nSPS) is 11.5. The number of aromatic nitrogens is 1. The smallest absolute Gasteiger partial charge is 0.271 e. The van der Waals surface area contributed by atoms with E-state index >= 15 is 0 Å². The lowest BCUT2D eigenvalue weighted by molar-refractivity contribution is 0.603. The van der Waals surface area contributed by atoms with Gasteiger partial charge in [0.1, 0.15) is 4.21 Å². The van der Waals surface area contributed by atoms with E-state index in [1.54, 1.807) is 41.0 Å². The van der Waals surface area contributed by atoms with E-state index in [4.69, 9.17) is 0 Å². The zero-order chi connectivity index (χ0) is 14.9. The van der Waals surface area contributed by atoms with E-state index in [9.17, 15) is 8.42 Å². The monoisotopic (exact) mass is 336 g/mol. The van der Waals surface area contributed by atoms with Crippen LogP contribution in [0.25, 0.3) is 11.3 Å². The van der Waals surface area contributed by atoms with Gasteiger partial charge in [-0.2, -0.15) is 0 Å². The number of anilines is 1. The molecule has 0 saturated carbocycles. The summed E-state index contributed by atoms with van der Waals surface area (Å²) < 4.78 is 27.3. The van der Waals surface area contributed by atoms with Crippen molar-refractivity contribution >= 4 is 38.4 Å². The zero-order valence-corrected chi connectivity index (χ0v) is 13.6. The first-order valence-electron chi connectivity index (χ1n) is 6.13. The summed E-state index contributed by atoms with van der Waals surface area (Å²) in [7, 11) is -3.51. The minimum Gasteiger partial charge on any atom is -0.279 e. The molecular weight excluding hydrogens is 324 g/mol. The Bertz CT molecular complexity index is 852. The molecule has 0 atom stereocenters. The van der Waals surface area contributed by atoms with E-state index in [0.717, 1.165) is 16.3 Å². The SMILES string of the molecule is Cc1nc(-c2cccc(NS(=O)(=O)c3cccs3)c2)cs1. The summed E-state index contributed by atoms with van der Waals surface area (Å²) in [6.45, 7) is 1.94. The fraction of sp³-hybridized carbons (Fsp3) is 0.0714. The second-order valence-electron chi connectivity index (χ2n) is 4.37. The first-order valence-corrected chi connectivity index (χ1v) is 9.38. The van der Waals surface area contributed by atoms with Crippen molar-refractivity contribution in [3.05, 3.63) is 52.2 Å². The van der Waals surface area contributed by atoms with Gasteiger partial charge in [0.25, 0.3) is 10.0 Å². The number of hydrogen-bond acceptors (Lipinski definition) is 5. The zero-order valence-electron chi connectivity index (χ0n) is 11.1. The first kappa shape index (κ1) is 14.2. The number of thiophene rings is 1. The van der Waals surface area contributed by atoms with Gasteiger partial charge in [0.05, 0.1) is 10.7 Å². The Labute approximate surface area is 131 Å². The van der Waals surface area contributed by atoms with Gasteiger partial charge in [-0.3, -0.25) is 4.72 Å². The lowest BCUT2D eigenvalue weighted by atomic mass is 10.1. The number of sulfonamides is 1. The number of aryl methyl sites for hydroxylation is 1. The fourth-order valence-electron chi connectivity index (χ4n) is 1.86. The molecule has 108 valence electrons. The molecule has 3 aromatic rings. The molecule has 0 aliphatic carbocycles. The molecule has 0 fully saturated rings. The molecule has 1 N–H and O–H groups in total. The highest BCUT2D eigenvalue weighted by atomic mass is 32.2. The van der Waals surface area contributed by atoms with Crippen molar-refractivity contribution < 1.29 is 8.42 Å². The van der Waals surface area contributed by atoms with E-state index < -0.39 is 10.0 Å². The van der Waals surface area contributed by atoms with Crippen molar-refractivity contribution in [3.63, 3.8) is 0 Å². The Kier molecular flexibility index (Phi) is 3.79. The van der Waals surface area contributed by atoms with Gasteiger partial charge in [-0.05, 0) is 30.5 Å². The van der Waals surface area contributed by atoms with E-state index in [1.807, 2.05) is 24.4 Å². The summed E-state index contributed by atoms with van der Waals surface area (Å²) >= 11 is 2.76. The van der Waals surface area contributed by atoms with Crippen molar-refractivity contribution in [2.24, 2.45) is 0 Å². The largest absolute Gasteiger partial charge is 0.279 e. The van der Waals surface area contributed by atoms with Gasteiger partial charge < -0.3 is 0 Å². The maximum atomic E-state index is 12.2. The Morgan fingerprint density at radius 2 is 2.00 bits per heavy atom. The number of benzene rings is 1. The summed E-state index contributed by atoms with van der Waals surface area (Å²) in [4.78, 5) is 4.41. The van der Waals surface area contributed by atoms with Crippen LogP contribution >= 0.6 is 22.7 Å². The lowest BCUT2D eigenvalue weighted by Crippen LogP contribution is -2.11. The summed E-state index contributed by atoms with van der Waals surface area (Å²) in [6, 6.07) is 10.6. The van der Waals surface area contributed by atoms with Crippen LogP contribution in [0.5, 0.6) is 0 Å². The van der Waals surface area contributed by atoms with Crippen LogP contribution in [0.1, 0.15) is 5.01 Å². The van der Waals surface area contributed by atoms with Crippen molar-refractivity contribution in [2.75, 3.05) is 4.72 Å². The van der Waals surface area contributed by atoms with E-state index in [-0.39, 0.29) is 0 Å². The van der Waals surface area contributed by atoms with E-state index in [0.29, 0.717) is 9.90 Å². The van der Waals surface area contributed by atoms with Crippen molar-refractivity contribution in [1.82, 2.24) is 4.98 Å². The van der Waals surface area contributed by atoms with Gasteiger partial charge in [0, 0.05) is 16.6 Å². The number of rotatable bonds is 4.